The zero-order valence-corrected chi connectivity index (χ0v) is 25.0. The number of aliphatic hydroxyl groups is 1. The van der Waals surface area contributed by atoms with Crippen LogP contribution in [-0.4, -0.2) is 85.1 Å². The molecule has 1 heterocycles. The van der Waals surface area contributed by atoms with Gasteiger partial charge < -0.3 is 24.4 Å². The second kappa shape index (κ2) is 14.1. The summed E-state index contributed by atoms with van der Waals surface area (Å²) >= 11 is 0. The molecular formula is C30H39FN6O5. The van der Waals surface area contributed by atoms with Gasteiger partial charge in [-0.1, -0.05) is 48.5 Å². The van der Waals surface area contributed by atoms with Crippen molar-refractivity contribution >= 4 is 12.2 Å². The number of nitrogens with zero attached hydrogens (tertiary/aromatic N) is 6. The maximum atomic E-state index is 13.0. The number of rotatable bonds is 10. The van der Waals surface area contributed by atoms with E-state index in [1.54, 1.807) is 65.8 Å². The molecule has 0 atom stereocenters. The third-order valence-electron chi connectivity index (χ3n) is 5.68. The van der Waals surface area contributed by atoms with Gasteiger partial charge in [-0.25, -0.2) is 14.0 Å². The fourth-order valence-electron chi connectivity index (χ4n) is 3.77. The molecule has 0 spiro atoms. The first-order chi connectivity index (χ1) is 19.8. The smallest absolute Gasteiger partial charge is 0.410 e. The molecule has 0 radical (unpaired) electrons. The molecule has 3 rings (SSSR count). The first kappa shape index (κ1) is 32.3. The van der Waals surface area contributed by atoms with Crippen molar-refractivity contribution in [2.75, 3.05) is 26.4 Å². The van der Waals surface area contributed by atoms with Crippen LogP contribution in [0.25, 0.3) is 22.8 Å². The molecule has 1 N–H and O–H groups in total. The Labute approximate surface area is 245 Å². The average molecular weight is 583 g/mol. The maximum absolute atomic E-state index is 13.0. The second-order valence-electron chi connectivity index (χ2n) is 11.7. The molecule has 0 aliphatic carbocycles. The molecule has 2 aromatic carbocycles. The molecule has 226 valence electrons. The Morgan fingerprint density at radius 1 is 0.690 bits per heavy atom. The quantitative estimate of drug-likeness (QED) is 0.349. The minimum absolute atomic E-state index is 0.0687. The zero-order chi connectivity index (χ0) is 30.9. The van der Waals surface area contributed by atoms with E-state index in [1.165, 1.54) is 9.80 Å². The number of ether oxygens (including phenoxy) is 2. The number of halogens is 1. The Morgan fingerprint density at radius 2 is 1.05 bits per heavy atom. The summed E-state index contributed by atoms with van der Waals surface area (Å²) in [5.41, 5.74) is 1.69. The highest BCUT2D eigenvalue weighted by molar-refractivity contribution is 5.69. The Bertz CT molecular complexity index is 1200. The first-order valence-corrected chi connectivity index (χ1v) is 13.7. The van der Waals surface area contributed by atoms with Crippen LogP contribution in [0.5, 0.6) is 0 Å². The maximum Gasteiger partial charge on any atom is 0.410 e. The van der Waals surface area contributed by atoms with Gasteiger partial charge in [0.05, 0.1) is 13.2 Å². The molecule has 0 aliphatic rings. The van der Waals surface area contributed by atoms with Gasteiger partial charge in [-0.15, -0.1) is 20.4 Å². The van der Waals surface area contributed by atoms with Crippen molar-refractivity contribution in [1.82, 2.24) is 30.2 Å². The van der Waals surface area contributed by atoms with E-state index in [0.29, 0.717) is 22.8 Å². The van der Waals surface area contributed by atoms with Crippen molar-refractivity contribution < 1.29 is 28.6 Å². The van der Waals surface area contributed by atoms with E-state index in [4.69, 9.17) is 9.47 Å². The predicted molar refractivity (Wildman–Crippen MR) is 155 cm³/mol. The van der Waals surface area contributed by atoms with Crippen LogP contribution in [0.4, 0.5) is 14.0 Å². The van der Waals surface area contributed by atoms with E-state index in [9.17, 15) is 19.1 Å². The van der Waals surface area contributed by atoms with Crippen LogP contribution >= 0.6 is 0 Å². The molecule has 0 unspecified atom stereocenters. The topological polar surface area (TPSA) is 131 Å². The van der Waals surface area contributed by atoms with Crippen LogP contribution in [0.3, 0.4) is 0 Å². The van der Waals surface area contributed by atoms with Gasteiger partial charge in [0.2, 0.25) is 11.6 Å². The number of aromatic nitrogens is 4. The van der Waals surface area contributed by atoms with Gasteiger partial charge in [-0.3, -0.25) is 0 Å². The number of hydrogen-bond acceptors (Lipinski definition) is 9. The molecule has 0 saturated carbocycles. The fourth-order valence-corrected chi connectivity index (χ4v) is 3.77. The molecule has 0 saturated heterocycles. The number of amides is 2. The lowest BCUT2D eigenvalue weighted by Gasteiger charge is -2.27. The Hall–Kier alpha value is -4.19. The molecule has 42 heavy (non-hydrogen) atoms. The highest BCUT2D eigenvalue weighted by Crippen LogP contribution is 2.20. The number of hydrogen-bond donors (Lipinski definition) is 1. The van der Waals surface area contributed by atoms with Crippen LogP contribution in [0.15, 0.2) is 48.5 Å². The van der Waals surface area contributed by atoms with E-state index >= 15 is 0 Å². The lowest BCUT2D eigenvalue weighted by Crippen LogP contribution is -2.38. The first-order valence-electron chi connectivity index (χ1n) is 13.7. The Kier molecular flexibility index (Phi) is 10.9. The second-order valence-corrected chi connectivity index (χ2v) is 11.7. The van der Waals surface area contributed by atoms with Gasteiger partial charge in [0.15, 0.2) is 0 Å². The summed E-state index contributed by atoms with van der Waals surface area (Å²) in [4.78, 5) is 27.7. The number of carbonyl (C=O) groups excluding carboxylic acids is 2. The number of carbonyl (C=O) groups is 2. The minimum atomic E-state index is -0.676. The lowest BCUT2D eigenvalue weighted by atomic mass is 10.1. The van der Waals surface area contributed by atoms with E-state index in [0.717, 1.165) is 11.1 Å². The van der Waals surface area contributed by atoms with Crippen molar-refractivity contribution in [2.45, 2.75) is 65.8 Å². The summed E-state index contributed by atoms with van der Waals surface area (Å²) in [6.45, 7) is 10.3. The monoisotopic (exact) mass is 582 g/mol. The van der Waals surface area contributed by atoms with Gasteiger partial charge in [-0.05, 0) is 52.7 Å². The molecule has 0 aliphatic heterocycles. The standard InChI is InChI=1S/C30H39FN6O5/c1-29(2,3)41-27(39)36(16-15-31)19-21-7-11-23(12-8-21)25-32-34-26(35-33-25)24-13-9-22(10-14-24)20-37(17-18-38)28(40)42-30(4,5)6/h7-14,38H,15-20H2,1-6H3. The number of alkyl halides is 1. The average Bonchev–Trinajstić information content (AvgIpc) is 2.92. The van der Waals surface area contributed by atoms with Crippen molar-refractivity contribution in [2.24, 2.45) is 0 Å². The van der Waals surface area contributed by atoms with Crippen molar-refractivity contribution in [3.05, 3.63) is 59.7 Å². The summed E-state index contributed by atoms with van der Waals surface area (Å²) in [5, 5.41) is 26.2. The number of benzene rings is 2. The predicted octanol–water partition coefficient (Wildman–Crippen LogP) is 5.04. The third kappa shape index (κ3) is 10.0. The number of aliphatic hydroxyl groups excluding tert-OH is 1. The zero-order valence-electron chi connectivity index (χ0n) is 25.0. The Balaban J connectivity index is 1.65. The van der Waals surface area contributed by atoms with Crippen molar-refractivity contribution in [1.29, 1.82) is 0 Å². The van der Waals surface area contributed by atoms with Gasteiger partial charge in [0, 0.05) is 30.8 Å². The van der Waals surface area contributed by atoms with Crippen LogP contribution in [-0.2, 0) is 22.6 Å². The van der Waals surface area contributed by atoms with Crippen molar-refractivity contribution in [3.63, 3.8) is 0 Å². The van der Waals surface area contributed by atoms with E-state index in [-0.39, 0.29) is 32.8 Å². The van der Waals surface area contributed by atoms with Crippen LogP contribution in [0.1, 0.15) is 52.7 Å². The van der Waals surface area contributed by atoms with Crippen molar-refractivity contribution in [3.8, 4) is 22.8 Å². The normalized spacial score (nSPS) is 11.6. The highest BCUT2D eigenvalue weighted by atomic mass is 19.1. The largest absolute Gasteiger partial charge is 0.444 e. The fraction of sp³-hybridized carbons (Fsp3) is 0.467. The van der Waals surface area contributed by atoms with Crippen LogP contribution in [0.2, 0.25) is 0 Å². The molecule has 1 aromatic heterocycles. The van der Waals surface area contributed by atoms with E-state index < -0.39 is 30.1 Å². The summed E-state index contributed by atoms with van der Waals surface area (Å²) in [6.07, 6.45) is -1.07. The minimum Gasteiger partial charge on any atom is -0.444 e. The van der Waals surface area contributed by atoms with Crippen LogP contribution < -0.4 is 0 Å². The molecule has 0 bridgehead atoms. The summed E-state index contributed by atoms with van der Waals surface area (Å²) in [5.74, 6) is 0.659. The third-order valence-corrected chi connectivity index (χ3v) is 5.68. The summed E-state index contributed by atoms with van der Waals surface area (Å²) in [6, 6.07) is 14.5. The molecule has 2 amide bonds. The molecule has 0 fully saturated rings. The van der Waals surface area contributed by atoms with E-state index in [2.05, 4.69) is 20.4 Å². The van der Waals surface area contributed by atoms with Gasteiger partial charge in [0.1, 0.15) is 17.9 Å². The van der Waals surface area contributed by atoms with Gasteiger partial charge >= 0.3 is 12.2 Å². The SMILES string of the molecule is CC(C)(C)OC(=O)N(CCO)Cc1ccc(-c2nnc(-c3ccc(CN(CCF)C(=O)OC(C)(C)C)cc3)nn2)cc1. The molecule has 11 nitrogen and oxygen atoms in total. The van der Waals surface area contributed by atoms with Gasteiger partial charge in [0.25, 0.3) is 0 Å². The molecule has 12 heteroatoms. The molecular weight excluding hydrogens is 543 g/mol. The van der Waals surface area contributed by atoms with Gasteiger partial charge in [-0.2, -0.15) is 0 Å². The molecule has 3 aromatic rings. The Morgan fingerprint density at radius 3 is 1.36 bits per heavy atom. The highest BCUT2D eigenvalue weighted by Gasteiger charge is 2.23. The lowest BCUT2D eigenvalue weighted by molar-refractivity contribution is 0.0198. The summed E-state index contributed by atoms with van der Waals surface area (Å²) < 4.78 is 23.9. The van der Waals surface area contributed by atoms with Crippen LogP contribution in [0, 0.1) is 0 Å². The van der Waals surface area contributed by atoms with E-state index in [1.807, 2.05) is 24.3 Å². The summed E-state index contributed by atoms with van der Waals surface area (Å²) in [7, 11) is 0.